The van der Waals surface area contributed by atoms with Crippen LogP contribution in [0.4, 0.5) is 0 Å². The van der Waals surface area contributed by atoms with Crippen LogP contribution in [-0.4, -0.2) is 38.8 Å². The Morgan fingerprint density at radius 1 is 1.36 bits per heavy atom. The fourth-order valence-corrected chi connectivity index (χ4v) is 4.23. The number of nitrogens with one attached hydrogen (secondary N) is 2. The van der Waals surface area contributed by atoms with Crippen molar-refractivity contribution in [2.75, 3.05) is 18.3 Å². The van der Waals surface area contributed by atoms with Crippen molar-refractivity contribution >= 4 is 61.7 Å². The molecule has 2 N–H and O–H groups in total. The van der Waals surface area contributed by atoms with E-state index in [-0.39, 0.29) is 11.0 Å². The minimum atomic E-state index is -0.378. The average Bonchev–Trinajstić information content (AvgIpc) is 3.01. The number of thiocarbonyl (C=S) groups is 1. The Bertz CT molecular complexity index is 1050. The average molecular weight is 480 g/mol. The van der Waals surface area contributed by atoms with Gasteiger partial charge in [-0.3, -0.25) is 15.5 Å². The van der Waals surface area contributed by atoms with Crippen LogP contribution < -0.4 is 15.5 Å². The van der Waals surface area contributed by atoms with Crippen molar-refractivity contribution in [3.8, 4) is 5.75 Å². The summed E-state index contributed by atoms with van der Waals surface area (Å²) in [5.41, 5.74) is 3.33. The number of hydrogen-bond donors (Lipinski definition) is 2. The smallest absolute Gasteiger partial charge is 0.261 e. The molecule has 28 heavy (non-hydrogen) atoms. The zero-order chi connectivity index (χ0) is 20.3. The normalized spacial score (nSPS) is 10.7. The van der Waals surface area contributed by atoms with E-state index >= 15 is 0 Å². The van der Waals surface area contributed by atoms with Crippen LogP contribution in [0.3, 0.4) is 0 Å². The van der Waals surface area contributed by atoms with Crippen molar-refractivity contribution in [2.45, 2.75) is 19.0 Å². The Kier molecular flexibility index (Phi) is 6.53. The van der Waals surface area contributed by atoms with Gasteiger partial charge in [0.15, 0.2) is 5.11 Å². The summed E-state index contributed by atoms with van der Waals surface area (Å²) in [5.74, 6) is 1.54. The van der Waals surface area contributed by atoms with E-state index in [1.807, 2.05) is 31.2 Å². The summed E-state index contributed by atoms with van der Waals surface area (Å²) in [6.07, 6.45) is 0. The lowest BCUT2D eigenvalue weighted by Gasteiger charge is -2.15. The third kappa shape index (κ3) is 4.13. The number of methoxy groups -OCH3 is 1. The number of benzene rings is 2. The lowest BCUT2D eigenvalue weighted by Crippen LogP contribution is -2.38. The maximum atomic E-state index is 12.9. The Balaban J connectivity index is 1.85. The molecule has 0 saturated heterocycles. The molecular weight excluding hydrogens is 462 g/mol. The number of fused-ring (bicyclic) bond motifs is 1. The third-order valence-corrected chi connectivity index (χ3v) is 5.69. The summed E-state index contributed by atoms with van der Waals surface area (Å²) >= 11 is 10.4. The molecule has 0 aliphatic carbocycles. The summed E-state index contributed by atoms with van der Waals surface area (Å²) in [6, 6.07) is 9.51. The molecule has 2 aromatic carbocycles. The predicted molar refractivity (Wildman–Crippen MR) is 119 cm³/mol. The number of aryl methyl sites for hydroxylation is 1. The molecule has 0 fully saturated rings. The third-order valence-electron chi connectivity index (χ3n) is 3.90. The van der Waals surface area contributed by atoms with Crippen LogP contribution in [0, 0.1) is 6.92 Å². The van der Waals surface area contributed by atoms with Gasteiger partial charge in [0.2, 0.25) is 5.16 Å². The highest BCUT2D eigenvalue weighted by molar-refractivity contribution is 9.10. The number of thioether (sulfide) groups is 1. The second kappa shape index (κ2) is 8.89. The molecule has 146 valence electrons. The highest BCUT2D eigenvalue weighted by Gasteiger charge is 2.19. The van der Waals surface area contributed by atoms with Gasteiger partial charge in [-0.25, -0.2) is 4.68 Å². The standard InChI is InChI=1S/C18H18BrN5O2S2/c1-4-28-18-22-21-10(2)24(18)23-17(27)20-16(25)13-9-11-7-5-6-8-12(11)14(19)15(13)26-3/h5-9H,4H2,1-3H3,(H2,20,23,25,27). The van der Waals surface area contributed by atoms with Gasteiger partial charge in [0.1, 0.15) is 11.6 Å². The highest BCUT2D eigenvalue weighted by atomic mass is 79.9. The van der Waals surface area contributed by atoms with E-state index < -0.39 is 0 Å². The maximum Gasteiger partial charge on any atom is 0.261 e. The summed E-state index contributed by atoms with van der Waals surface area (Å²) in [5, 5.41) is 13.5. The van der Waals surface area contributed by atoms with Crippen LogP contribution in [0.1, 0.15) is 23.1 Å². The number of rotatable bonds is 5. The number of halogens is 1. The topological polar surface area (TPSA) is 81.1 Å². The quantitative estimate of drug-likeness (QED) is 0.424. The van der Waals surface area contributed by atoms with Crippen LogP contribution in [-0.2, 0) is 0 Å². The van der Waals surface area contributed by atoms with E-state index in [9.17, 15) is 4.79 Å². The first-order chi connectivity index (χ1) is 13.5. The molecule has 1 aromatic heterocycles. The monoisotopic (exact) mass is 479 g/mol. The summed E-state index contributed by atoms with van der Waals surface area (Å²) in [6.45, 7) is 3.82. The molecule has 0 radical (unpaired) electrons. The first-order valence-corrected chi connectivity index (χ1v) is 10.6. The Labute approximate surface area is 180 Å². The van der Waals surface area contributed by atoms with Crippen molar-refractivity contribution in [3.05, 3.63) is 46.2 Å². The summed E-state index contributed by atoms with van der Waals surface area (Å²) in [4.78, 5) is 12.9. The minimum Gasteiger partial charge on any atom is -0.495 e. The fraction of sp³-hybridized carbons (Fsp3) is 0.222. The lowest BCUT2D eigenvalue weighted by molar-refractivity contribution is 0.0974. The van der Waals surface area contributed by atoms with Crippen molar-refractivity contribution in [1.29, 1.82) is 0 Å². The second-order valence-electron chi connectivity index (χ2n) is 5.69. The van der Waals surface area contributed by atoms with Crippen LogP contribution in [0.2, 0.25) is 0 Å². The summed E-state index contributed by atoms with van der Waals surface area (Å²) in [7, 11) is 1.52. The molecule has 3 aromatic rings. The lowest BCUT2D eigenvalue weighted by atomic mass is 10.1. The molecule has 0 bridgehead atoms. The summed E-state index contributed by atoms with van der Waals surface area (Å²) < 4.78 is 7.82. The van der Waals surface area contributed by atoms with Crippen LogP contribution >= 0.6 is 39.9 Å². The van der Waals surface area contributed by atoms with Crippen molar-refractivity contribution in [2.24, 2.45) is 0 Å². The largest absolute Gasteiger partial charge is 0.495 e. The van der Waals surface area contributed by atoms with Crippen molar-refractivity contribution in [3.63, 3.8) is 0 Å². The van der Waals surface area contributed by atoms with Crippen LogP contribution in [0.15, 0.2) is 40.0 Å². The maximum absolute atomic E-state index is 12.9. The first kappa shape index (κ1) is 20.6. The molecule has 0 unspecified atom stereocenters. The van der Waals surface area contributed by atoms with Gasteiger partial charge in [-0.05, 0) is 57.7 Å². The SMILES string of the molecule is CCSc1nnc(C)n1NC(=S)NC(=O)c1cc2ccccc2c(Br)c1OC. The van der Waals surface area contributed by atoms with E-state index in [4.69, 9.17) is 17.0 Å². The Morgan fingerprint density at radius 3 is 2.82 bits per heavy atom. The minimum absolute atomic E-state index is 0.136. The van der Waals surface area contributed by atoms with Gasteiger partial charge in [-0.2, -0.15) is 0 Å². The zero-order valence-electron chi connectivity index (χ0n) is 15.4. The molecule has 0 atom stereocenters. The van der Waals surface area contributed by atoms with Crippen molar-refractivity contribution in [1.82, 2.24) is 20.2 Å². The Morgan fingerprint density at radius 2 is 2.11 bits per heavy atom. The predicted octanol–water partition coefficient (Wildman–Crippen LogP) is 3.88. The number of amides is 1. The van der Waals surface area contributed by atoms with Crippen LogP contribution in [0.25, 0.3) is 10.8 Å². The number of nitrogens with zero attached hydrogens (tertiary/aromatic N) is 3. The zero-order valence-corrected chi connectivity index (χ0v) is 18.7. The van der Waals surface area contributed by atoms with Gasteiger partial charge in [0.25, 0.3) is 5.91 Å². The number of ether oxygens (including phenoxy) is 1. The number of carbonyl (C=O) groups excluding carboxylic acids is 1. The van der Waals surface area contributed by atoms with E-state index in [2.05, 4.69) is 36.9 Å². The molecule has 3 rings (SSSR count). The molecule has 0 aliphatic rings. The highest BCUT2D eigenvalue weighted by Crippen LogP contribution is 2.36. The fourth-order valence-electron chi connectivity index (χ4n) is 2.65. The van der Waals surface area contributed by atoms with Gasteiger partial charge in [-0.1, -0.05) is 43.0 Å². The molecule has 10 heteroatoms. The number of carbonyl (C=O) groups is 1. The molecule has 1 amide bonds. The number of aromatic nitrogens is 3. The van der Waals surface area contributed by atoms with Gasteiger partial charge in [-0.15, -0.1) is 10.2 Å². The van der Waals surface area contributed by atoms with Gasteiger partial charge < -0.3 is 4.74 Å². The molecule has 0 saturated carbocycles. The second-order valence-corrected chi connectivity index (χ2v) is 8.12. The van der Waals surface area contributed by atoms with Crippen LogP contribution in [0.5, 0.6) is 5.75 Å². The van der Waals surface area contributed by atoms with Gasteiger partial charge >= 0.3 is 0 Å². The van der Waals surface area contributed by atoms with Gasteiger partial charge in [0.05, 0.1) is 17.1 Å². The van der Waals surface area contributed by atoms with Crippen molar-refractivity contribution < 1.29 is 9.53 Å². The molecule has 0 spiro atoms. The van der Waals surface area contributed by atoms with E-state index in [0.717, 1.165) is 16.5 Å². The van der Waals surface area contributed by atoms with E-state index in [1.54, 1.807) is 17.7 Å². The van der Waals surface area contributed by atoms with Gasteiger partial charge in [0, 0.05) is 0 Å². The first-order valence-electron chi connectivity index (χ1n) is 8.38. The molecule has 7 nitrogen and oxygen atoms in total. The Hall–Kier alpha value is -2.17. The van der Waals surface area contributed by atoms with E-state index in [1.165, 1.54) is 18.9 Å². The molecular formula is C18H18BrN5O2S2. The molecule has 0 aliphatic heterocycles. The number of hydrogen-bond acceptors (Lipinski definition) is 6. The van der Waals surface area contributed by atoms with E-state index in [0.29, 0.717) is 26.8 Å². The molecule has 1 heterocycles.